The van der Waals surface area contributed by atoms with Crippen LogP contribution < -0.4 is 4.90 Å². The zero-order valence-corrected chi connectivity index (χ0v) is 16.3. The van der Waals surface area contributed by atoms with Crippen molar-refractivity contribution < 1.29 is 12.9 Å². The number of aryl methyl sites for hydroxylation is 1. The Bertz CT molecular complexity index is 1030. The van der Waals surface area contributed by atoms with Gasteiger partial charge in [-0.2, -0.15) is 4.31 Å². The van der Waals surface area contributed by atoms with Gasteiger partial charge in [0.25, 0.3) is 0 Å². The molecule has 0 saturated carbocycles. The number of sulfonamides is 1. The van der Waals surface area contributed by atoms with Gasteiger partial charge in [-0.3, -0.25) is 0 Å². The minimum absolute atomic E-state index is 0.315. The number of tetrazole rings is 1. The van der Waals surface area contributed by atoms with Crippen LogP contribution in [-0.4, -0.2) is 64.3 Å². The van der Waals surface area contributed by atoms with Gasteiger partial charge in [0, 0.05) is 32.2 Å². The first kappa shape index (κ1) is 18.6. The average molecular weight is 403 g/mol. The number of rotatable bonds is 5. The number of aromatic nitrogens is 5. The Hall–Kier alpha value is -2.79. The van der Waals surface area contributed by atoms with Crippen LogP contribution in [0, 0.1) is 6.92 Å². The molecule has 4 rings (SSSR count). The molecular formula is C17H21N7O3S. The van der Waals surface area contributed by atoms with E-state index in [0.29, 0.717) is 50.0 Å². The van der Waals surface area contributed by atoms with Gasteiger partial charge in [0.2, 0.25) is 16.0 Å². The fourth-order valence-corrected chi connectivity index (χ4v) is 4.74. The lowest BCUT2D eigenvalue weighted by Crippen LogP contribution is -2.36. The van der Waals surface area contributed by atoms with E-state index < -0.39 is 10.0 Å². The first-order valence-electron chi connectivity index (χ1n) is 9.02. The van der Waals surface area contributed by atoms with Gasteiger partial charge >= 0.3 is 0 Å². The second-order valence-corrected chi connectivity index (χ2v) is 8.56. The van der Waals surface area contributed by atoms with Crippen LogP contribution in [0.5, 0.6) is 0 Å². The van der Waals surface area contributed by atoms with Crippen molar-refractivity contribution in [1.82, 2.24) is 29.7 Å². The number of nitrogens with zero attached hydrogens (tertiary/aromatic N) is 7. The Labute approximate surface area is 162 Å². The molecule has 0 atom stereocenters. The Balaban J connectivity index is 1.49. The highest BCUT2D eigenvalue weighted by atomic mass is 32.2. The summed E-state index contributed by atoms with van der Waals surface area (Å²) in [4.78, 5) is 2.32. The number of hydrogen-bond acceptors (Lipinski definition) is 8. The van der Waals surface area contributed by atoms with Crippen LogP contribution >= 0.6 is 0 Å². The van der Waals surface area contributed by atoms with E-state index in [1.165, 1.54) is 4.31 Å². The maximum absolute atomic E-state index is 12.9. The Morgan fingerprint density at radius 1 is 1.11 bits per heavy atom. The molecule has 3 heterocycles. The fourth-order valence-electron chi connectivity index (χ4n) is 3.25. The third-order valence-corrected chi connectivity index (χ3v) is 6.53. The van der Waals surface area contributed by atoms with Crippen molar-refractivity contribution in [1.29, 1.82) is 0 Å². The van der Waals surface area contributed by atoms with E-state index in [0.717, 1.165) is 11.5 Å². The summed E-state index contributed by atoms with van der Waals surface area (Å²) in [7, 11) is -3.51. The van der Waals surface area contributed by atoms with E-state index in [4.69, 9.17) is 4.52 Å². The molecule has 28 heavy (non-hydrogen) atoms. The predicted octanol–water partition coefficient (Wildman–Crippen LogP) is 0.919. The van der Waals surface area contributed by atoms with Gasteiger partial charge in [0.1, 0.15) is 11.5 Å². The first-order chi connectivity index (χ1) is 13.5. The normalized spacial score (nSPS) is 16.2. The van der Waals surface area contributed by atoms with Gasteiger partial charge < -0.3 is 9.42 Å². The minimum Gasteiger partial charge on any atom is -0.361 e. The van der Waals surface area contributed by atoms with Crippen molar-refractivity contribution in [3.8, 4) is 0 Å². The molecule has 10 nitrogen and oxygen atoms in total. The molecule has 148 valence electrons. The van der Waals surface area contributed by atoms with Gasteiger partial charge in [-0.1, -0.05) is 28.5 Å². The molecule has 1 aliphatic rings. The Morgan fingerprint density at radius 2 is 1.93 bits per heavy atom. The molecule has 0 radical (unpaired) electrons. The lowest BCUT2D eigenvalue weighted by molar-refractivity contribution is 0.387. The van der Waals surface area contributed by atoms with E-state index >= 15 is 0 Å². The topological polar surface area (TPSA) is 110 Å². The SMILES string of the molecule is Cc1cc(Cn2nnnc2N2CCCN(S(=O)(=O)c3ccccc3)CC2)no1. The molecule has 11 heteroatoms. The third kappa shape index (κ3) is 3.76. The van der Waals surface area contributed by atoms with Crippen molar-refractivity contribution >= 4 is 16.0 Å². The largest absolute Gasteiger partial charge is 0.361 e. The second-order valence-electron chi connectivity index (χ2n) is 6.62. The van der Waals surface area contributed by atoms with Crippen LogP contribution in [0.1, 0.15) is 17.9 Å². The molecule has 3 aromatic rings. The van der Waals surface area contributed by atoms with Gasteiger partial charge in [0.15, 0.2) is 0 Å². The molecule has 0 N–H and O–H groups in total. The number of anilines is 1. The highest BCUT2D eigenvalue weighted by Gasteiger charge is 2.28. The smallest absolute Gasteiger partial charge is 0.245 e. The molecule has 0 spiro atoms. The lowest BCUT2D eigenvalue weighted by atomic mass is 10.4. The molecule has 2 aromatic heterocycles. The zero-order valence-electron chi connectivity index (χ0n) is 15.5. The van der Waals surface area contributed by atoms with Gasteiger partial charge in [-0.15, -0.1) is 0 Å². The number of benzene rings is 1. The molecule has 1 aromatic carbocycles. The van der Waals surface area contributed by atoms with E-state index in [9.17, 15) is 8.42 Å². The van der Waals surface area contributed by atoms with Gasteiger partial charge in [-0.05, 0) is 35.9 Å². The molecule has 0 unspecified atom stereocenters. The van der Waals surface area contributed by atoms with Crippen LogP contribution in [-0.2, 0) is 16.6 Å². The first-order valence-corrected chi connectivity index (χ1v) is 10.5. The van der Waals surface area contributed by atoms with Crippen molar-refractivity contribution in [2.75, 3.05) is 31.1 Å². The third-order valence-electron chi connectivity index (χ3n) is 4.62. The average Bonchev–Trinajstić information content (AvgIpc) is 3.24. The van der Waals surface area contributed by atoms with Crippen LogP contribution in [0.25, 0.3) is 0 Å². The minimum atomic E-state index is -3.51. The summed E-state index contributed by atoms with van der Waals surface area (Å²) in [5.74, 6) is 1.32. The summed E-state index contributed by atoms with van der Waals surface area (Å²) in [6, 6.07) is 10.4. The standard InChI is InChI=1S/C17H21N7O3S/c1-14-12-15(19-27-14)13-24-17(18-20-21-24)22-8-5-9-23(11-10-22)28(25,26)16-6-3-2-4-7-16/h2-4,6-7,12H,5,8-11,13H2,1H3. The summed E-state index contributed by atoms with van der Waals surface area (Å²) >= 11 is 0. The van der Waals surface area contributed by atoms with E-state index in [2.05, 4.69) is 20.7 Å². The predicted molar refractivity (Wildman–Crippen MR) is 100 cm³/mol. The molecule has 1 fully saturated rings. The van der Waals surface area contributed by atoms with Gasteiger partial charge in [-0.25, -0.2) is 13.1 Å². The van der Waals surface area contributed by atoms with Crippen LogP contribution in [0.3, 0.4) is 0 Å². The van der Waals surface area contributed by atoms with Crippen LogP contribution in [0.4, 0.5) is 5.95 Å². The maximum atomic E-state index is 12.9. The monoisotopic (exact) mass is 403 g/mol. The molecular weight excluding hydrogens is 382 g/mol. The molecule has 0 aliphatic carbocycles. The molecule has 1 saturated heterocycles. The number of hydrogen-bond donors (Lipinski definition) is 0. The Kier molecular flexibility index (Phi) is 5.09. The van der Waals surface area contributed by atoms with Crippen molar-refractivity contribution in [2.24, 2.45) is 0 Å². The fraction of sp³-hybridized carbons (Fsp3) is 0.412. The van der Waals surface area contributed by atoms with E-state index in [-0.39, 0.29) is 0 Å². The summed E-state index contributed by atoms with van der Waals surface area (Å²) in [6.07, 6.45) is 0.683. The second kappa shape index (κ2) is 7.68. The molecule has 0 bridgehead atoms. The van der Waals surface area contributed by atoms with E-state index in [1.807, 2.05) is 17.9 Å². The summed E-state index contributed by atoms with van der Waals surface area (Å²) in [6.45, 7) is 4.21. The summed E-state index contributed by atoms with van der Waals surface area (Å²) in [5.41, 5.74) is 0.731. The molecule has 1 aliphatic heterocycles. The quantitative estimate of drug-likeness (QED) is 0.618. The lowest BCUT2D eigenvalue weighted by Gasteiger charge is -2.22. The highest BCUT2D eigenvalue weighted by molar-refractivity contribution is 7.89. The van der Waals surface area contributed by atoms with Crippen molar-refractivity contribution in [2.45, 2.75) is 24.8 Å². The Morgan fingerprint density at radius 3 is 2.68 bits per heavy atom. The van der Waals surface area contributed by atoms with E-state index in [1.54, 1.807) is 35.0 Å². The summed E-state index contributed by atoms with van der Waals surface area (Å²) in [5, 5.41) is 15.9. The summed E-state index contributed by atoms with van der Waals surface area (Å²) < 4.78 is 34.0. The van der Waals surface area contributed by atoms with Crippen molar-refractivity contribution in [3.63, 3.8) is 0 Å². The van der Waals surface area contributed by atoms with Crippen molar-refractivity contribution in [3.05, 3.63) is 47.9 Å². The maximum Gasteiger partial charge on any atom is 0.245 e. The van der Waals surface area contributed by atoms with Gasteiger partial charge in [0.05, 0.1) is 11.4 Å². The van der Waals surface area contributed by atoms with Crippen LogP contribution in [0.2, 0.25) is 0 Å². The zero-order chi connectivity index (χ0) is 19.6. The molecule has 0 amide bonds. The highest BCUT2D eigenvalue weighted by Crippen LogP contribution is 2.19. The van der Waals surface area contributed by atoms with Crippen LogP contribution in [0.15, 0.2) is 45.8 Å².